The van der Waals surface area contributed by atoms with Crippen LogP contribution in [0.2, 0.25) is 0 Å². The van der Waals surface area contributed by atoms with Crippen LogP contribution in [0.15, 0.2) is 42.5 Å². The molecule has 1 atom stereocenters. The van der Waals surface area contributed by atoms with Crippen LogP contribution in [0, 0.1) is 13.8 Å². The Labute approximate surface area is 161 Å². The average molecular weight is 391 g/mol. The lowest BCUT2D eigenvalue weighted by Crippen LogP contribution is -2.41. The summed E-state index contributed by atoms with van der Waals surface area (Å²) in [6.07, 6.45) is 1.07. The van der Waals surface area contributed by atoms with Crippen LogP contribution in [0.25, 0.3) is 0 Å². The molecular formula is C20H26N2O4S. The minimum atomic E-state index is -3.67. The molecule has 27 heavy (non-hydrogen) atoms. The second-order valence-corrected chi connectivity index (χ2v) is 8.48. The molecule has 0 saturated heterocycles. The van der Waals surface area contributed by atoms with Gasteiger partial charge in [-0.15, -0.1) is 0 Å². The lowest BCUT2D eigenvalue weighted by atomic mass is 10.0. The Bertz CT molecular complexity index is 925. The van der Waals surface area contributed by atoms with Crippen molar-refractivity contribution in [2.45, 2.75) is 26.8 Å². The van der Waals surface area contributed by atoms with Crippen LogP contribution in [-0.2, 0) is 14.8 Å². The Kier molecular flexibility index (Phi) is 6.49. The molecule has 0 heterocycles. The fourth-order valence-electron chi connectivity index (χ4n) is 2.75. The largest absolute Gasteiger partial charge is 0.495 e. The van der Waals surface area contributed by atoms with Gasteiger partial charge in [0.25, 0.3) is 0 Å². The number of carbonyl (C=O) groups excluding carboxylic acids is 1. The fraction of sp³-hybridized carbons (Fsp3) is 0.350. The minimum absolute atomic E-state index is 0.240. The zero-order chi connectivity index (χ0) is 20.2. The van der Waals surface area contributed by atoms with E-state index in [-0.39, 0.29) is 12.6 Å². The summed E-state index contributed by atoms with van der Waals surface area (Å²) in [4.78, 5) is 12.6. The van der Waals surface area contributed by atoms with Gasteiger partial charge in [0.2, 0.25) is 15.9 Å². The maximum atomic E-state index is 12.6. The number of ether oxygens (including phenoxy) is 1. The van der Waals surface area contributed by atoms with Crippen LogP contribution in [-0.4, -0.2) is 34.2 Å². The normalized spacial score (nSPS) is 12.3. The van der Waals surface area contributed by atoms with Crippen molar-refractivity contribution in [2.24, 2.45) is 0 Å². The number of anilines is 1. The van der Waals surface area contributed by atoms with E-state index in [1.54, 1.807) is 24.3 Å². The summed E-state index contributed by atoms with van der Waals surface area (Å²) >= 11 is 0. The molecule has 2 rings (SSSR count). The predicted octanol–water partition coefficient (Wildman–Crippen LogP) is 2.96. The first kappa shape index (κ1) is 20.8. The number of nitrogens with zero attached hydrogens (tertiary/aromatic N) is 1. The Morgan fingerprint density at radius 2 is 1.81 bits per heavy atom. The standard InChI is InChI=1S/C20H26N2O4S/c1-14-10-11-17(12-15(14)2)16(3)21-20(23)13-22(27(5,24)25)18-8-6-7-9-19(18)26-4/h6-12,16H,13H2,1-5H3,(H,21,23)/t16-/m0/s1. The number of methoxy groups -OCH3 is 1. The number of rotatable bonds is 7. The van der Waals surface area contributed by atoms with Gasteiger partial charge in [-0.1, -0.05) is 30.3 Å². The molecule has 0 unspecified atom stereocenters. The molecule has 2 aromatic carbocycles. The highest BCUT2D eigenvalue weighted by Crippen LogP contribution is 2.29. The average Bonchev–Trinajstić information content (AvgIpc) is 2.61. The Balaban J connectivity index is 2.20. The highest BCUT2D eigenvalue weighted by molar-refractivity contribution is 7.92. The molecule has 0 aliphatic rings. The van der Waals surface area contributed by atoms with Gasteiger partial charge in [0.15, 0.2) is 0 Å². The minimum Gasteiger partial charge on any atom is -0.495 e. The molecule has 0 aliphatic heterocycles. The monoisotopic (exact) mass is 390 g/mol. The number of benzene rings is 2. The van der Waals surface area contributed by atoms with Gasteiger partial charge >= 0.3 is 0 Å². The highest BCUT2D eigenvalue weighted by atomic mass is 32.2. The van der Waals surface area contributed by atoms with Crippen LogP contribution < -0.4 is 14.4 Å². The van der Waals surface area contributed by atoms with Crippen molar-refractivity contribution in [1.29, 1.82) is 0 Å². The molecule has 6 nitrogen and oxygen atoms in total. The summed E-state index contributed by atoms with van der Waals surface area (Å²) < 4.78 is 30.8. The second-order valence-electron chi connectivity index (χ2n) is 6.57. The van der Waals surface area contributed by atoms with E-state index in [9.17, 15) is 13.2 Å². The lowest BCUT2D eigenvalue weighted by Gasteiger charge is -2.24. The van der Waals surface area contributed by atoms with Gasteiger partial charge in [0, 0.05) is 0 Å². The maximum Gasteiger partial charge on any atom is 0.241 e. The summed E-state index contributed by atoms with van der Waals surface area (Å²) in [5, 5.41) is 2.87. The smallest absolute Gasteiger partial charge is 0.241 e. The van der Waals surface area contributed by atoms with E-state index < -0.39 is 15.9 Å². The van der Waals surface area contributed by atoms with Crippen molar-refractivity contribution in [2.75, 3.05) is 24.2 Å². The molecule has 0 spiro atoms. The van der Waals surface area contributed by atoms with E-state index >= 15 is 0 Å². The number of amides is 1. The predicted molar refractivity (Wildman–Crippen MR) is 108 cm³/mol. The zero-order valence-corrected chi connectivity index (χ0v) is 17.1. The molecule has 0 aliphatic carbocycles. The van der Waals surface area contributed by atoms with Crippen molar-refractivity contribution < 1.29 is 17.9 Å². The molecule has 1 amide bonds. The summed E-state index contributed by atoms with van der Waals surface area (Å²) in [6.45, 7) is 5.59. The number of hydrogen-bond donors (Lipinski definition) is 1. The molecular weight excluding hydrogens is 364 g/mol. The van der Waals surface area contributed by atoms with Gasteiger partial charge < -0.3 is 10.1 Å². The van der Waals surface area contributed by atoms with Gasteiger partial charge in [-0.3, -0.25) is 9.10 Å². The quantitative estimate of drug-likeness (QED) is 0.789. The molecule has 146 valence electrons. The Morgan fingerprint density at radius 3 is 2.41 bits per heavy atom. The first-order valence-electron chi connectivity index (χ1n) is 8.60. The molecule has 2 aromatic rings. The number of para-hydroxylation sites is 2. The van der Waals surface area contributed by atoms with Gasteiger partial charge in [-0.25, -0.2) is 8.42 Å². The van der Waals surface area contributed by atoms with Crippen molar-refractivity contribution in [1.82, 2.24) is 5.32 Å². The number of nitrogens with one attached hydrogen (secondary N) is 1. The van der Waals surface area contributed by atoms with Gasteiger partial charge in [0.1, 0.15) is 12.3 Å². The van der Waals surface area contributed by atoms with Crippen molar-refractivity contribution in [3.8, 4) is 5.75 Å². The summed E-state index contributed by atoms with van der Waals surface area (Å²) in [5.41, 5.74) is 3.61. The first-order valence-corrected chi connectivity index (χ1v) is 10.5. The molecule has 0 radical (unpaired) electrons. The fourth-order valence-corrected chi connectivity index (χ4v) is 3.61. The van der Waals surface area contributed by atoms with Crippen LogP contribution in [0.3, 0.4) is 0 Å². The van der Waals surface area contributed by atoms with Crippen molar-refractivity contribution in [3.63, 3.8) is 0 Å². The Morgan fingerprint density at radius 1 is 1.15 bits per heavy atom. The summed E-state index contributed by atoms with van der Waals surface area (Å²) in [6, 6.07) is 12.5. The van der Waals surface area contributed by atoms with E-state index in [1.807, 2.05) is 39.0 Å². The molecule has 0 saturated carbocycles. The third kappa shape index (κ3) is 5.23. The molecule has 0 bridgehead atoms. The van der Waals surface area contributed by atoms with E-state index in [0.29, 0.717) is 11.4 Å². The maximum absolute atomic E-state index is 12.6. The second kappa shape index (κ2) is 8.43. The van der Waals surface area contributed by atoms with Crippen molar-refractivity contribution in [3.05, 3.63) is 59.2 Å². The number of aryl methyl sites for hydroxylation is 2. The van der Waals surface area contributed by atoms with Gasteiger partial charge in [0.05, 0.1) is 25.1 Å². The first-order chi connectivity index (χ1) is 12.6. The summed E-state index contributed by atoms with van der Waals surface area (Å²) in [7, 11) is -2.21. The topological polar surface area (TPSA) is 75.7 Å². The van der Waals surface area contributed by atoms with Gasteiger partial charge in [-0.05, 0) is 49.6 Å². The molecule has 0 fully saturated rings. The van der Waals surface area contributed by atoms with Crippen LogP contribution in [0.5, 0.6) is 5.75 Å². The van der Waals surface area contributed by atoms with E-state index in [1.165, 1.54) is 12.7 Å². The third-order valence-corrected chi connectivity index (χ3v) is 5.58. The Hall–Kier alpha value is -2.54. The number of carbonyl (C=O) groups is 1. The van der Waals surface area contributed by atoms with Crippen LogP contribution in [0.4, 0.5) is 5.69 Å². The zero-order valence-electron chi connectivity index (χ0n) is 16.3. The molecule has 7 heteroatoms. The number of sulfonamides is 1. The molecule has 1 N–H and O–H groups in total. The highest BCUT2D eigenvalue weighted by Gasteiger charge is 2.24. The molecule has 0 aromatic heterocycles. The summed E-state index contributed by atoms with van der Waals surface area (Å²) in [5.74, 6) is -0.00464. The lowest BCUT2D eigenvalue weighted by molar-refractivity contribution is -0.120. The number of hydrogen-bond acceptors (Lipinski definition) is 4. The van der Waals surface area contributed by atoms with E-state index in [0.717, 1.165) is 21.7 Å². The van der Waals surface area contributed by atoms with Crippen LogP contribution >= 0.6 is 0 Å². The van der Waals surface area contributed by atoms with Gasteiger partial charge in [-0.2, -0.15) is 0 Å². The van der Waals surface area contributed by atoms with Crippen LogP contribution in [0.1, 0.15) is 29.7 Å². The SMILES string of the molecule is COc1ccccc1N(CC(=O)N[C@@H](C)c1ccc(C)c(C)c1)S(C)(=O)=O. The van der Waals surface area contributed by atoms with E-state index in [4.69, 9.17) is 4.74 Å². The van der Waals surface area contributed by atoms with Crippen molar-refractivity contribution >= 4 is 21.6 Å². The van der Waals surface area contributed by atoms with E-state index in [2.05, 4.69) is 5.32 Å². The third-order valence-electron chi connectivity index (χ3n) is 4.45.